The molecule has 30 heavy (non-hydrogen) atoms. The smallest absolute Gasteiger partial charge is 0.327 e. The zero-order valence-corrected chi connectivity index (χ0v) is 17.0. The Morgan fingerprint density at radius 3 is 1.13 bits per heavy atom. The number of carbonyl (C=O) groups is 5. The third-order valence-corrected chi connectivity index (χ3v) is 1.59. The van der Waals surface area contributed by atoms with Crippen molar-refractivity contribution in [2.24, 2.45) is 0 Å². The van der Waals surface area contributed by atoms with Gasteiger partial charge in [0.25, 0.3) is 0 Å². The molecule has 0 spiro atoms. The van der Waals surface area contributed by atoms with Gasteiger partial charge in [-0.3, -0.25) is 9.59 Å². The lowest BCUT2D eigenvalue weighted by Gasteiger charge is -1.94. The van der Waals surface area contributed by atoms with E-state index >= 15 is 0 Å². The van der Waals surface area contributed by atoms with Crippen molar-refractivity contribution in [1.82, 2.24) is 0 Å². The number of aliphatic hydroxyl groups is 2. The standard InChI is InChI=1S/C4H8O3.2C4H6O2.C3H6O3.C3H4O2/c1-3(5)2-4(6)7;2*1-2-3-4(5)6;4-2-1-3(5)6;1-2-3(4)5/h3,5H,2H2,1H3,(H,6,7);2*2-3H,1H3,(H,5,6);4H,1-2H2,(H,5,6);2H,1H2,(H,4,5)/b;3-2+;3-2-;;. The SMILES string of the molecule is C/C=C/C(=O)O.C/C=C\C(=O)O.C=CC(=O)O.CC(O)CC(=O)O.O=C(O)CCO. The van der Waals surface area contributed by atoms with Gasteiger partial charge in [0.05, 0.1) is 25.6 Å². The molecule has 0 radical (unpaired) electrons. The van der Waals surface area contributed by atoms with Crippen LogP contribution in [0.5, 0.6) is 0 Å². The molecule has 12 nitrogen and oxygen atoms in total. The van der Waals surface area contributed by atoms with Crippen LogP contribution in [0.3, 0.4) is 0 Å². The molecule has 0 fully saturated rings. The highest BCUT2D eigenvalue weighted by molar-refractivity contribution is 5.80. The van der Waals surface area contributed by atoms with Crippen molar-refractivity contribution in [1.29, 1.82) is 0 Å². The molecular weight excluding hydrogens is 408 g/mol. The highest BCUT2D eigenvalue weighted by Gasteiger charge is 2.00. The van der Waals surface area contributed by atoms with Gasteiger partial charge in [0.15, 0.2) is 0 Å². The molecule has 1 atom stereocenters. The molecule has 7 N–H and O–H groups in total. The first kappa shape index (κ1) is 37.3. The summed E-state index contributed by atoms with van der Waals surface area (Å²) in [6.07, 6.45) is 4.91. The number of rotatable bonds is 7. The maximum atomic E-state index is 9.65. The van der Waals surface area contributed by atoms with Gasteiger partial charge in [0.1, 0.15) is 0 Å². The van der Waals surface area contributed by atoms with E-state index in [4.69, 9.17) is 35.7 Å². The molecule has 0 rings (SSSR count). The van der Waals surface area contributed by atoms with E-state index < -0.39 is 36.0 Å². The number of carboxylic acid groups (broad SMARTS) is 5. The molecule has 174 valence electrons. The van der Waals surface area contributed by atoms with Crippen molar-refractivity contribution in [2.75, 3.05) is 6.61 Å². The van der Waals surface area contributed by atoms with Crippen molar-refractivity contribution in [3.05, 3.63) is 37.0 Å². The lowest BCUT2D eigenvalue weighted by molar-refractivity contribution is -0.139. The van der Waals surface area contributed by atoms with Crippen molar-refractivity contribution in [2.45, 2.75) is 39.7 Å². The Balaban J connectivity index is -0.0000000872. The summed E-state index contributed by atoms with van der Waals surface area (Å²) in [6.45, 7) is 7.45. The topological polar surface area (TPSA) is 227 Å². The van der Waals surface area contributed by atoms with Crippen LogP contribution in [0.15, 0.2) is 37.0 Å². The predicted octanol–water partition coefficient (Wildman–Crippen LogP) is 0.847. The summed E-state index contributed by atoms with van der Waals surface area (Å²) in [5.41, 5.74) is 0. The van der Waals surface area contributed by atoms with Crippen molar-refractivity contribution in [3.8, 4) is 0 Å². The lowest BCUT2D eigenvalue weighted by Crippen LogP contribution is -2.07. The Hall–Kier alpha value is -3.51. The highest BCUT2D eigenvalue weighted by atomic mass is 16.4. The van der Waals surface area contributed by atoms with E-state index in [9.17, 15) is 24.0 Å². The van der Waals surface area contributed by atoms with E-state index in [1.165, 1.54) is 19.1 Å². The maximum absolute atomic E-state index is 9.65. The minimum absolute atomic E-state index is 0.153. The fourth-order valence-electron chi connectivity index (χ4n) is 0.634. The Kier molecular flexibility index (Phi) is 37.5. The first-order valence-corrected chi connectivity index (χ1v) is 8.00. The van der Waals surface area contributed by atoms with Crippen LogP contribution >= 0.6 is 0 Å². The molecule has 0 amide bonds. The van der Waals surface area contributed by atoms with E-state index in [0.717, 1.165) is 18.2 Å². The average Bonchev–Trinajstić information content (AvgIpc) is 2.55. The summed E-state index contributed by atoms with van der Waals surface area (Å²) in [5.74, 6) is -4.69. The number of hydrogen-bond donors (Lipinski definition) is 7. The van der Waals surface area contributed by atoms with Crippen LogP contribution in [0.1, 0.15) is 33.6 Å². The molecule has 0 saturated heterocycles. The van der Waals surface area contributed by atoms with Crippen molar-refractivity contribution < 1.29 is 59.7 Å². The van der Waals surface area contributed by atoms with Crippen molar-refractivity contribution >= 4 is 29.8 Å². The summed E-state index contributed by atoms with van der Waals surface area (Å²) in [4.78, 5) is 47.4. The number of aliphatic hydroxyl groups excluding tert-OH is 2. The van der Waals surface area contributed by atoms with Gasteiger partial charge in [0, 0.05) is 18.2 Å². The van der Waals surface area contributed by atoms with Gasteiger partial charge in [0.2, 0.25) is 0 Å². The number of hydrogen-bond acceptors (Lipinski definition) is 7. The third-order valence-electron chi connectivity index (χ3n) is 1.59. The molecule has 0 aliphatic carbocycles. The maximum Gasteiger partial charge on any atom is 0.327 e. The fraction of sp³-hybridized carbons (Fsp3) is 0.389. The Morgan fingerprint density at radius 1 is 0.800 bits per heavy atom. The second kappa shape index (κ2) is 30.2. The largest absolute Gasteiger partial charge is 0.481 e. The van der Waals surface area contributed by atoms with E-state index in [-0.39, 0.29) is 19.4 Å². The monoisotopic (exact) mass is 438 g/mol. The first-order chi connectivity index (χ1) is 13.7. The number of carboxylic acids is 5. The van der Waals surface area contributed by atoms with Crippen LogP contribution in [-0.2, 0) is 24.0 Å². The molecule has 12 heteroatoms. The van der Waals surface area contributed by atoms with E-state index in [0.29, 0.717) is 0 Å². The molecule has 0 aromatic rings. The summed E-state index contributed by atoms with van der Waals surface area (Å²) in [5, 5.41) is 55.1. The van der Waals surface area contributed by atoms with Crippen LogP contribution < -0.4 is 0 Å². The Morgan fingerprint density at radius 2 is 1.13 bits per heavy atom. The second-order valence-corrected chi connectivity index (χ2v) is 4.53. The average molecular weight is 438 g/mol. The Bertz CT molecular complexity index is 525. The summed E-state index contributed by atoms with van der Waals surface area (Å²) >= 11 is 0. The minimum atomic E-state index is -0.981. The van der Waals surface area contributed by atoms with Gasteiger partial charge in [-0.2, -0.15) is 0 Å². The van der Waals surface area contributed by atoms with Crippen LogP contribution in [0, 0.1) is 0 Å². The minimum Gasteiger partial charge on any atom is -0.481 e. The van der Waals surface area contributed by atoms with E-state index in [1.54, 1.807) is 13.8 Å². The molecule has 0 aliphatic heterocycles. The number of allylic oxidation sites excluding steroid dienone is 2. The van der Waals surface area contributed by atoms with Crippen LogP contribution in [-0.4, -0.2) is 78.3 Å². The summed E-state index contributed by atoms with van der Waals surface area (Å²) in [6, 6.07) is 0. The molecule has 0 heterocycles. The lowest BCUT2D eigenvalue weighted by atomic mass is 10.3. The zero-order valence-electron chi connectivity index (χ0n) is 17.0. The zero-order chi connectivity index (χ0) is 25.1. The van der Waals surface area contributed by atoms with Gasteiger partial charge in [-0.25, -0.2) is 14.4 Å². The predicted molar refractivity (Wildman–Crippen MR) is 106 cm³/mol. The molecule has 0 bridgehead atoms. The highest BCUT2D eigenvalue weighted by Crippen LogP contribution is 1.85. The second-order valence-electron chi connectivity index (χ2n) is 4.53. The fourth-order valence-corrected chi connectivity index (χ4v) is 0.634. The van der Waals surface area contributed by atoms with Crippen molar-refractivity contribution in [3.63, 3.8) is 0 Å². The Labute approximate surface area is 173 Å². The van der Waals surface area contributed by atoms with E-state index in [2.05, 4.69) is 6.58 Å². The van der Waals surface area contributed by atoms with Gasteiger partial charge < -0.3 is 35.7 Å². The van der Waals surface area contributed by atoms with Crippen LogP contribution in [0.4, 0.5) is 0 Å². The molecule has 0 aromatic heterocycles. The van der Waals surface area contributed by atoms with Gasteiger partial charge >= 0.3 is 29.8 Å². The van der Waals surface area contributed by atoms with Crippen LogP contribution in [0.25, 0.3) is 0 Å². The summed E-state index contributed by atoms with van der Waals surface area (Å²) < 4.78 is 0. The normalized spacial score (nSPS) is 9.63. The van der Waals surface area contributed by atoms with E-state index in [1.807, 2.05) is 0 Å². The van der Waals surface area contributed by atoms with Gasteiger partial charge in [-0.05, 0) is 20.8 Å². The molecule has 0 aromatic carbocycles. The molecular formula is C18H30O12. The molecule has 1 unspecified atom stereocenters. The molecule has 0 aliphatic rings. The summed E-state index contributed by atoms with van der Waals surface area (Å²) in [7, 11) is 0. The quantitative estimate of drug-likeness (QED) is 0.274. The van der Waals surface area contributed by atoms with Gasteiger partial charge in [-0.15, -0.1) is 0 Å². The first-order valence-electron chi connectivity index (χ1n) is 8.00. The number of aliphatic carboxylic acids is 5. The van der Waals surface area contributed by atoms with Crippen LogP contribution in [0.2, 0.25) is 0 Å². The third kappa shape index (κ3) is 102. The molecule has 0 saturated carbocycles. The van der Waals surface area contributed by atoms with Gasteiger partial charge in [-0.1, -0.05) is 18.7 Å².